The first-order chi connectivity index (χ1) is 12.4. The second kappa shape index (κ2) is 9.04. The number of esters is 1. The van der Waals surface area contributed by atoms with Gasteiger partial charge < -0.3 is 14.8 Å². The Morgan fingerprint density at radius 2 is 1.77 bits per heavy atom. The number of ether oxygens (including phenoxy) is 2. The maximum atomic E-state index is 12.2. The van der Waals surface area contributed by atoms with E-state index in [1.807, 2.05) is 24.3 Å². The van der Waals surface area contributed by atoms with Crippen molar-refractivity contribution in [1.29, 1.82) is 0 Å². The molecule has 0 bridgehead atoms. The molecule has 2 rings (SSSR count). The normalized spacial score (nSPS) is 10.5. The molecule has 1 amide bonds. The van der Waals surface area contributed by atoms with Gasteiger partial charge in [0.1, 0.15) is 5.75 Å². The van der Waals surface area contributed by atoms with Crippen LogP contribution in [0.15, 0.2) is 42.5 Å². The van der Waals surface area contributed by atoms with Crippen molar-refractivity contribution < 1.29 is 19.1 Å². The topological polar surface area (TPSA) is 64.6 Å². The zero-order valence-corrected chi connectivity index (χ0v) is 15.7. The van der Waals surface area contributed by atoms with Gasteiger partial charge in [-0.2, -0.15) is 0 Å². The summed E-state index contributed by atoms with van der Waals surface area (Å²) in [7, 11) is 0. The average Bonchev–Trinajstić information content (AvgIpc) is 2.62. The fourth-order valence-corrected chi connectivity index (χ4v) is 2.49. The molecule has 0 unspecified atom stereocenters. The first kappa shape index (κ1) is 19.5. The Morgan fingerprint density at radius 3 is 2.38 bits per heavy atom. The summed E-state index contributed by atoms with van der Waals surface area (Å²) in [6.07, 6.45) is 0. The largest absolute Gasteiger partial charge is 0.484 e. The minimum atomic E-state index is -0.400. The van der Waals surface area contributed by atoms with Crippen molar-refractivity contribution >= 4 is 17.6 Å². The SMILES string of the molecule is CCOC(=O)c1cccc(NC(=O)COc2ccc(C(C)C)cc2)c1C. The lowest BCUT2D eigenvalue weighted by molar-refractivity contribution is -0.118. The van der Waals surface area contributed by atoms with Crippen LogP contribution in [-0.2, 0) is 9.53 Å². The molecule has 0 aliphatic rings. The Kier molecular flexibility index (Phi) is 6.78. The van der Waals surface area contributed by atoms with Gasteiger partial charge in [0.2, 0.25) is 0 Å². The first-order valence-electron chi connectivity index (χ1n) is 8.71. The van der Waals surface area contributed by atoms with Crippen molar-refractivity contribution in [2.45, 2.75) is 33.6 Å². The van der Waals surface area contributed by atoms with E-state index in [0.29, 0.717) is 35.1 Å². The van der Waals surface area contributed by atoms with Gasteiger partial charge in [0.05, 0.1) is 12.2 Å². The van der Waals surface area contributed by atoms with Crippen molar-refractivity contribution in [2.75, 3.05) is 18.5 Å². The lowest BCUT2D eigenvalue weighted by Crippen LogP contribution is -2.21. The third-order valence-corrected chi connectivity index (χ3v) is 4.02. The van der Waals surface area contributed by atoms with Gasteiger partial charge in [-0.25, -0.2) is 4.79 Å². The number of rotatable bonds is 7. The second-order valence-electron chi connectivity index (χ2n) is 6.26. The average molecular weight is 355 g/mol. The van der Waals surface area contributed by atoms with Crippen molar-refractivity contribution in [1.82, 2.24) is 0 Å². The molecule has 0 heterocycles. The molecule has 2 aromatic rings. The molecule has 1 N–H and O–H groups in total. The van der Waals surface area contributed by atoms with Crippen LogP contribution in [0.4, 0.5) is 5.69 Å². The van der Waals surface area contributed by atoms with Gasteiger partial charge in [-0.05, 0) is 55.2 Å². The Hall–Kier alpha value is -2.82. The molecule has 0 aromatic heterocycles. The zero-order valence-electron chi connectivity index (χ0n) is 15.7. The van der Waals surface area contributed by atoms with E-state index < -0.39 is 5.97 Å². The number of hydrogen-bond donors (Lipinski definition) is 1. The molecule has 0 saturated heterocycles. The molecule has 0 radical (unpaired) electrons. The van der Waals surface area contributed by atoms with Gasteiger partial charge in [-0.1, -0.05) is 32.0 Å². The van der Waals surface area contributed by atoms with Gasteiger partial charge in [0.25, 0.3) is 5.91 Å². The summed E-state index contributed by atoms with van der Waals surface area (Å²) in [5.41, 5.74) is 2.89. The summed E-state index contributed by atoms with van der Waals surface area (Å²) in [5.74, 6) is 0.396. The maximum Gasteiger partial charge on any atom is 0.338 e. The summed E-state index contributed by atoms with van der Waals surface area (Å²) in [6, 6.07) is 12.8. The summed E-state index contributed by atoms with van der Waals surface area (Å²) in [4.78, 5) is 24.1. The molecule has 0 spiro atoms. The van der Waals surface area contributed by atoms with Gasteiger partial charge in [0, 0.05) is 5.69 Å². The van der Waals surface area contributed by atoms with E-state index in [4.69, 9.17) is 9.47 Å². The highest BCUT2D eigenvalue weighted by Gasteiger charge is 2.14. The van der Waals surface area contributed by atoms with E-state index in [1.165, 1.54) is 5.56 Å². The molecule has 0 fully saturated rings. The molecule has 2 aromatic carbocycles. The maximum absolute atomic E-state index is 12.2. The number of carbonyl (C=O) groups excluding carboxylic acids is 2. The number of benzene rings is 2. The number of nitrogens with one attached hydrogen (secondary N) is 1. The highest BCUT2D eigenvalue weighted by atomic mass is 16.5. The Morgan fingerprint density at radius 1 is 1.08 bits per heavy atom. The minimum absolute atomic E-state index is 0.107. The minimum Gasteiger partial charge on any atom is -0.484 e. The van der Waals surface area contributed by atoms with E-state index in [0.717, 1.165) is 0 Å². The van der Waals surface area contributed by atoms with Crippen LogP contribution in [0.1, 0.15) is 48.2 Å². The lowest BCUT2D eigenvalue weighted by atomic mass is 10.0. The third-order valence-electron chi connectivity index (χ3n) is 4.02. The Balaban J connectivity index is 1.97. The van der Waals surface area contributed by atoms with Crippen molar-refractivity contribution in [2.24, 2.45) is 0 Å². The molecular weight excluding hydrogens is 330 g/mol. The van der Waals surface area contributed by atoms with Crippen LogP contribution in [0.2, 0.25) is 0 Å². The van der Waals surface area contributed by atoms with Crippen LogP contribution < -0.4 is 10.1 Å². The van der Waals surface area contributed by atoms with E-state index in [2.05, 4.69) is 19.2 Å². The predicted molar refractivity (Wildman–Crippen MR) is 102 cm³/mol. The summed E-state index contributed by atoms with van der Waals surface area (Å²) in [6.45, 7) is 7.96. The van der Waals surface area contributed by atoms with E-state index in [1.54, 1.807) is 32.0 Å². The van der Waals surface area contributed by atoms with Crippen LogP contribution >= 0.6 is 0 Å². The molecule has 138 valence electrons. The van der Waals surface area contributed by atoms with Gasteiger partial charge in [0.15, 0.2) is 6.61 Å². The smallest absolute Gasteiger partial charge is 0.338 e. The van der Waals surface area contributed by atoms with Gasteiger partial charge >= 0.3 is 5.97 Å². The molecule has 0 aliphatic carbocycles. The third kappa shape index (κ3) is 5.09. The lowest BCUT2D eigenvalue weighted by Gasteiger charge is -2.13. The number of amides is 1. The quantitative estimate of drug-likeness (QED) is 0.752. The second-order valence-corrected chi connectivity index (χ2v) is 6.26. The molecule has 0 atom stereocenters. The number of anilines is 1. The van der Waals surface area contributed by atoms with Crippen molar-refractivity contribution in [3.63, 3.8) is 0 Å². The van der Waals surface area contributed by atoms with Crippen LogP contribution in [0.3, 0.4) is 0 Å². The van der Waals surface area contributed by atoms with E-state index in [-0.39, 0.29) is 12.5 Å². The predicted octanol–water partition coefficient (Wildman–Crippen LogP) is 4.31. The zero-order chi connectivity index (χ0) is 19.1. The molecule has 5 nitrogen and oxygen atoms in total. The Labute approximate surface area is 154 Å². The standard InChI is InChI=1S/C21H25NO4/c1-5-25-21(24)18-7-6-8-19(15(18)4)22-20(23)13-26-17-11-9-16(10-12-17)14(2)3/h6-12,14H,5,13H2,1-4H3,(H,22,23). The summed E-state index contributed by atoms with van der Waals surface area (Å²) in [5, 5.41) is 2.78. The van der Waals surface area contributed by atoms with Crippen molar-refractivity contribution in [3.8, 4) is 5.75 Å². The van der Waals surface area contributed by atoms with E-state index in [9.17, 15) is 9.59 Å². The number of hydrogen-bond acceptors (Lipinski definition) is 4. The van der Waals surface area contributed by atoms with Crippen molar-refractivity contribution in [3.05, 3.63) is 59.2 Å². The Bertz CT molecular complexity index is 766. The molecule has 0 saturated carbocycles. The van der Waals surface area contributed by atoms with Crippen LogP contribution in [-0.4, -0.2) is 25.1 Å². The molecule has 26 heavy (non-hydrogen) atoms. The monoisotopic (exact) mass is 355 g/mol. The fraction of sp³-hybridized carbons (Fsp3) is 0.333. The van der Waals surface area contributed by atoms with Crippen LogP contribution in [0.5, 0.6) is 5.75 Å². The van der Waals surface area contributed by atoms with Crippen LogP contribution in [0, 0.1) is 6.92 Å². The van der Waals surface area contributed by atoms with E-state index >= 15 is 0 Å². The highest BCUT2D eigenvalue weighted by molar-refractivity contribution is 5.97. The van der Waals surface area contributed by atoms with Gasteiger partial charge in [-0.3, -0.25) is 4.79 Å². The molecular formula is C21H25NO4. The van der Waals surface area contributed by atoms with Gasteiger partial charge in [-0.15, -0.1) is 0 Å². The summed E-state index contributed by atoms with van der Waals surface area (Å²) >= 11 is 0. The van der Waals surface area contributed by atoms with Crippen LogP contribution in [0.25, 0.3) is 0 Å². The molecule has 0 aliphatic heterocycles. The molecule has 5 heteroatoms. The number of carbonyl (C=O) groups is 2. The summed E-state index contributed by atoms with van der Waals surface area (Å²) < 4.78 is 10.6. The highest BCUT2D eigenvalue weighted by Crippen LogP contribution is 2.21. The first-order valence-corrected chi connectivity index (χ1v) is 8.71. The fourth-order valence-electron chi connectivity index (χ4n) is 2.49.